The molecule has 1 amide bonds. The summed E-state index contributed by atoms with van der Waals surface area (Å²) in [5, 5.41) is -0.621. The maximum Gasteiger partial charge on any atom is 0.244 e. The smallest absolute Gasteiger partial charge is 0.244 e. The molecule has 0 bridgehead atoms. The van der Waals surface area contributed by atoms with Gasteiger partial charge in [0.05, 0.1) is 12.1 Å². The molecule has 3 nitrogen and oxygen atoms in total. The summed E-state index contributed by atoms with van der Waals surface area (Å²) in [6.45, 7) is 7.54. The van der Waals surface area contributed by atoms with Gasteiger partial charge >= 0.3 is 0 Å². The molecule has 0 saturated carbocycles. The fourth-order valence-electron chi connectivity index (χ4n) is 3.13. The van der Waals surface area contributed by atoms with Crippen LogP contribution in [-0.4, -0.2) is 35.9 Å². The fourth-order valence-corrected chi connectivity index (χ4v) is 3.74. The Morgan fingerprint density at radius 3 is 2.52 bits per heavy atom. The zero-order valence-corrected chi connectivity index (χ0v) is 13.4. The van der Waals surface area contributed by atoms with Crippen molar-refractivity contribution in [1.29, 1.82) is 0 Å². The van der Waals surface area contributed by atoms with Gasteiger partial charge in [0.15, 0.2) is 0 Å². The van der Waals surface area contributed by atoms with Gasteiger partial charge in [-0.2, -0.15) is 0 Å². The van der Waals surface area contributed by atoms with Crippen LogP contribution >= 0.6 is 11.6 Å². The summed E-state index contributed by atoms with van der Waals surface area (Å²) < 4.78 is 18.5. The first-order chi connectivity index (χ1) is 9.96. The topological polar surface area (TPSA) is 29.5 Å². The number of ether oxygens (including phenoxy) is 1. The van der Waals surface area contributed by atoms with Crippen LogP contribution in [-0.2, 0) is 15.1 Å². The van der Waals surface area contributed by atoms with E-state index in [0.717, 1.165) is 5.56 Å². The number of amides is 1. The second-order valence-electron chi connectivity index (χ2n) is 5.54. The molecule has 1 aromatic carbocycles. The third kappa shape index (κ3) is 2.55. The van der Waals surface area contributed by atoms with E-state index in [1.807, 2.05) is 20.8 Å². The highest BCUT2D eigenvalue weighted by Gasteiger charge is 2.61. The Labute approximate surface area is 130 Å². The Morgan fingerprint density at radius 1 is 1.38 bits per heavy atom. The summed E-state index contributed by atoms with van der Waals surface area (Å²) in [4.78, 5) is 13.9. The number of hydrogen-bond donors (Lipinski definition) is 0. The summed E-state index contributed by atoms with van der Waals surface area (Å²) in [5.41, 5.74) is 0.277. The van der Waals surface area contributed by atoms with Crippen LogP contribution in [0.25, 0.3) is 0 Å². The van der Waals surface area contributed by atoms with Crippen molar-refractivity contribution in [3.05, 3.63) is 35.6 Å². The van der Waals surface area contributed by atoms with Gasteiger partial charge in [0.2, 0.25) is 5.91 Å². The molecule has 1 saturated heterocycles. The van der Waals surface area contributed by atoms with Crippen LogP contribution in [0.5, 0.6) is 0 Å². The van der Waals surface area contributed by atoms with Gasteiger partial charge in [0, 0.05) is 13.2 Å². The van der Waals surface area contributed by atoms with Gasteiger partial charge in [0.25, 0.3) is 0 Å². The number of carbonyl (C=O) groups is 1. The fraction of sp³-hybridized carbons (Fsp3) is 0.562. The van der Waals surface area contributed by atoms with E-state index in [-0.39, 0.29) is 17.6 Å². The van der Waals surface area contributed by atoms with Crippen LogP contribution in [0.1, 0.15) is 26.3 Å². The third-order valence-electron chi connectivity index (χ3n) is 4.17. The van der Waals surface area contributed by atoms with Crippen molar-refractivity contribution >= 4 is 17.5 Å². The average molecular weight is 314 g/mol. The van der Waals surface area contributed by atoms with Gasteiger partial charge in [0.1, 0.15) is 11.2 Å². The van der Waals surface area contributed by atoms with E-state index >= 15 is 0 Å². The lowest BCUT2D eigenvalue weighted by atomic mass is 9.69. The zero-order valence-electron chi connectivity index (χ0n) is 12.6. The number of benzene rings is 1. The first kappa shape index (κ1) is 16.2. The molecule has 2 unspecified atom stereocenters. The molecule has 5 heteroatoms. The van der Waals surface area contributed by atoms with Crippen LogP contribution in [0.15, 0.2) is 24.3 Å². The maximum absolute atomic E-state index is 13.2. The number of nitrogens with zero attached hydrogens (tertiary/aromatic N) is 1. The lowest BCUT2D eigenvalue weighted by molar-refractivity contribution is -0.163. The number of likely N-dealkylation sites (tertiary alicyclic amines) is 1. The van der Waals surface area contributed by atoms with Crippen molar-refractivity contribution in [3.63, 3.8) is 0 Å². The molecule has 1 heterocycles. The van der Waals surface area contributed by atoms with E-state index < -0.39 is 10.9 Å². The van der Waals surface area contributed by atoms with Crippen LogP contribution in [0, 0.1) is 11.7 Å². The van der Waals surface area contributed by atoms with Crippen LogP contribution in [0.4, 0.5) is 4.39 Å². The van der Waals surface area contributed by atoms with Crippen molar-refractivity contribution in [2.24, 2.45) is 5.92 Å². The Morgan fingerprint density at radius 2 is 2.00 bits per heavy atom. The first-order valence-corrected chi connectivity index (χ1v) is 7.69. The maximum atomic E-state index is 13.2. The summed E-state index contributed by atoms with van der Waals surface area (Å²) in [5.74, 6) is -0.269. The highest BCUT2D eigenvalue weighted by atomic mass is 35.5. The summed E-state index contributed by atoms with van der Waals surface area (Å²) in [6.07, 6.45) is 0. The molecule has 0 spiro atoms. The molecule has 21 heavy (non-hydrogen) atoms. The van der Waals surface area contributed by atoms with E-state index in [2.05, 4.69) is 0 Å². The van der Waals surface area contributed by atoms with Gasteiger partial charge in [-0.25, -0.2) is 4.39 Å². The SMILES string of the molecule is CCOCCN1C(=O)C(Cl)C1(c1ccc(F)cc1)C(C)C. The van der Waals surface area contributed by atoms with Crippen LogP contribution < -0.4 is 0 Å². The van der Waals surface area contributed by atoms with E-state index in [4.69, 9.17) is 16.3 Å². The molecule has 1 aliphatic rings. The highest BCUT2D eigenvalue weighted by molar-refractivity contribution is 6.34. The minimum absolute atomic E-state index is 0.0885. The number of hydrogen-bond acceptors (Lipinski definition) is 2. The molecular formula is C16H21ClFNO2. The molecule has 1 aromatic rings. The first-order valence-electron chi connectivity index (χ1n) is 7.25. The molecule has 1 aliphatic heterocycles. The number of carbonyl (C=O) groups excluding carboxylic acids is 1. The van der Waals surface area contributed by atoms with Crippen molar-refractivity contribution in [2.45, 2.75) is 31.7 Å². The predicted octanol–water partition coefficient (Wildman–Crippen LogP) is 3.16. The van der Waals surface area contributed by atoms with Gasteiger partial charge in [-0.15, -0.1) is 11.6 Å². The minimum Gasteiger partial charge on any atom is -0.380 e. The number of β-lactam (4-membered cyclic amide) rings is 1. The molecule has 2 rings (SSSR count). The Hall–Kier alpha value is -1.13. The van der Waals surface area contributed by atoms with E-state index in [1.54, 1.807) is 17.0 Å². The molecule has 0 radical (unpaired) electrons. The largest absolute Gasteiger partial charge is 0.380 e. The van der Waals surface area contributed by atoms with E-state index in [9.17, 15) is 9.18 Å². The second-order valence-corrected chi connectivity index (χ2v) is 5.97. The monoisotopic (exact) mass is 313 g/mol. The average Bonchev–Trinajstić information content (AvgIpc) is 2.47. The highest BCUT2D eigenvalue weighted by Crippen LogP contribution is 2.49. The van der Waals surface area contributed by atoms with Crippen molar-refractivity contribution in [1.82, 2.24) is 4.90 Å². The summed E-state index contributed by atoms with van der Waals surface area (Å²) in [7, 11) is 0. The quantitative estimate of drug-likeness (QED) is 0.459. The van der Waals surface area contributed by atoms with Crippen molar-refractivity contribution in [3.8, 4) is 0 Å². The van der Waals surface area contributed by atoms with Gasteiger partial charge in [-0.05, 0) is 30.5 Å². The van der Waals surface area contributed by atoms with E-state index in [1.165, 1.54) is 12.1 Å². The Kier molecular flexibility index (Phi) is 4.89. The normalized spacial score (nSPS) is 25.3. The second kappa shape index (κ2) is 6.32. The Bertz CT molecular complexity index is 506. The molecule has 2 atom stereocenters. The number of alkyl halides is 1. The molecular weight excluding hydrogens is 293 g/mol. The number of rotatable bonds is 6. The van der Waals surface area contributed by atoms with Crippen molar-refractivity contribution in [2.75, 3.05) is 19.8 Å². The van der Waals surface area contributed by atoms with Crippen LogP contribution in [0.3, 0.4) is 0 Å². The summed E-state index contributed by atoms with van der Waals surface area (Å²) >= 11 is 6.37. The molecule has 116 valence electrons. The minimum atomic E-state index is -0.621. The van der Waals surface area contributed by atoms with Gasteiger partial charge in [-0.3, -0.25) is 4.79 Å². The molecule has 0 aromatic heterocycles. The standard InChI is InChI=1S/C16H21ClFNO2/c1-4-21-10-9-19-15(20)14(17)16(19,11(2)3)12-5-7-13(18)8-6-12/h5-8,11,14H,4,9-10H2,1-3H3. The van der Waals surface area contributed by atoms with Gasteiger partial charge in [-0.1, -0.05) is 26.0 Å². The lowest BCUT2D eigenvalue weighted by Crippen LogP contribution is -2.72. The van der Waals surface area contributed by atoms with Crippen LogP contribution in [0.2, 0.25) is 0 Å². The molecule has 0 N–H and O–H groups in total. The summed E-state index contributed by atoms with van der Waals surface area (Å²) in [6, 6.07) is 6.24. The Balaban J connectivity index is 2.34. The number of halogens is 2. The van der Waals surface area contributed by atoms with Crippen molar-refractivity contribution < 1.29 is 13.9 Å². The lowest BCUT2D eigenvalue weighted by Gasteiger charge is -2.58. The third-order valence-corrected chi connectivity index (χ3v) is 4.69. The van der Waals surface area contributed by atoms with Gasteiger partial charge < -0.3 is 9.64 Å². The predicted molar refractivity (Wildman–Crippen MR) is 80.8 cm³/mol. The zero-order chi connectivity index (χ0) is 15.6. The van der Waals surface area contributed by atoms with E-state index in [0.29, 0.717) is 19.8 Å². The molecule has 1 fully saturated rings. The molecule has 0 aliphatic carbocycles.